The van der Waals surface area contributed by atoms with Gasteiger partial charge in [0.25, 0.3) is 0 Å². The van der Waals surface area contributed by atoms with E-state index in [1.165, 1.54) is 0 Å². The van der Waals surface area contributed by atoms with Gasteiger partial charge in [0.15, 0.2) is 0 Å². The van der Waals surface area contributed by atoms with Crippen LogP contribution in [0.25, 0.3) is 0 Å². The van der Waals surface area contributed by atoms with E-state index in [4.69, 9.17) is 4.74 Å². The van der Waals surface area contributed by atoms with E-state index in [0.717, 1.165) is 51.6 Å². The van der Waals surface area contributed by atoms with Crippen molar-refractivity contribution < 1.29 is 9.53 Å². The third-order valence-electron chi connectivity index (χ3n) is 4.54. The maximum absolute atomic E-state index is 12.7. The Morgan fingerprint density at radius 3 is 2.75 bits per heavy atom. The first-order valence-electron chi connectivity index (χ1n) is 8.37. The molecular formula is C16H30N2O2. The standard InChI is InChI=1S/C16H30N2O2/c1-4-6-8-14-16(19)18(15(17-14)7-5-2)13-9-10-20-12(3)11-13/h12-15,17H,4-11H2,1-3H3. The zero-order valence-corrected chi connectivity index (χ0v) is 13.2. The maximum atomic E-state index is 12.7. The lowest BCUT2D eigenvalue weighted by atomic mass is 10.0. The predicted octanol–water partition coefficient (Wildman–Crippen LogP) is 2.67. The topological polar surface area (TPSA) is 41.6 Å². The average molecular weight is 282 g/mol. The number of amides is 1. The molecule has 0 saturated carbocycles. The summed E-state index contributed by atoms with van der Waals surface area (Å²) in [5.41, 5.74) is 0. The molecule has 0 aromatic heterocycles. The van der Waals surface area contributed by atoms with E-state index < -0.39 is 0 Å². The monoisotopic (exact) mass is 282 g/mol. The number of carbonyl (C=O) groups is 1. The van der Waals surface area contributed by atoms with Crippen LogP contribution in [-0.4, -0.2) is 41.8 Å². The molecular weight excluding hydrogens is 252 g/mol. The predicted molar refractivity (Wildman–Crippen MR) is 80.4 cm³/mol. The van der Waals surface area contributed by atoms with Crippen LogP contribution in [0.5, 0.6) is 0 Å². The van der Waals surface area contributed by atoms with Gasteiger partial charge >= 0.3 is 0 Å². The minimum absolute atomic E-state index is 0.0460. The Labute approximate surface area is 123 Å². The van der Waals surface area contributed by atoms with Crippen molar-refractivity contribution in [2.75, 3.05) is 6.61 Å². The largest absolute Gasteiger partial charge is 0.378 e. The second-order valence-electron chi connectivity index (χ2n) is 6.27. The molecule has 2 aliphatic heterocycles. The van der Waals surface area contributed by atoms with Gasteiger partial charge in [-0.25, -0.2) is 0 Å². The van der Waals surface area contributed by atoms with E-state index in [2.05, 4.69) is 31.0 Å². The fraction of sp³-hybridized carbons (Fsp3) is 0.938. The van der Waals surface area contributed by atoms with Crippen LogP contribution in [-0.2, 0) is 9.53 Å². The quantitative estimate of drug-likeness (QED) is 0.814. The Kier molecular flexibility index (Phi) is 5.85. The first-order valence-corrected chi connectivity index (χ1v) is 8.37. The molecule has 4 atom stereocenters. The van der Waals surface area contributed by atoms with Crippen LogP contribution in [0.2, 0.25) is 0 Å². The summed E-state index contributed by atoms with van der Waals surface area (Å²) in [6, 6.07) is 0.409. The van der Waals surface area contributed by atoms with Crippen LogP contribution < -0.4 is 5.32 Å². The van der Waals surface area contributed by atoms with E-state index in [-0.39, 0.29) is 18.3 Å². The fourth-order valence-electron chi connectivity index (χ4n) is 3.49. The molecule has 0 aromatic carbocycles. The Hall–Kier alpha value is -0.610. The lowest BCUT2D eigenvalue weighted by Gasteiger charge is -2.37. The minimum Gasteiger partial charge on any atom is -0.378 e. The molecule has 20 heavy (non-hydrogen) atoms. The number of nitrogens with one attached hydrogen (secondary N) is 1. The van der Waals surface area contributed by atoms with Gasteiger partial charge < -0.3 is 9.64 Å². The molecule has 2 heterocycles. The lowest BCUT2D eigenvalue weighted by Crippen LogP contribution is -2.48. The smallest absolute Gasteiger partial charge is 0.241 e. The SMILES string of the molecule is CCCCC1NC(CCC)N(C2CCOC(C)C2)C1=O. The fourth-order valence-corrected chi connectivity index (χ4v) is 3.49. The van der Waals surface area contributed by atoms with Crippen molar-refractivity contribution in [3.8, 4) is 0 Å². The Morgan fingerprint density at radius 1 is 1.30 bits per heavy atom. The van der Waals surface area contributed by atoms with Crippen molar-refractivity contribution in [2.45, 2.75) is 90.1 Å². The summed E-state index contributed by atoms with van der Waals surface area (Å²) >= 11 is 0. The van der Waals surface area contributed by atoms with Gasteiger partial charge in [-0.3, -0.25) is 10.1 Å². The first-order chi connectivity index (χ1) is 9.67. The van der Waals surface area contributed by atoms with Gasteiger partial charge in [0.1, 0.15) is 0 Å². The highest BCUT2D eigenvalue weighted by Crippen LogP contribution is 2.27. The molecule has 0 spiro atoms. The third-order valence-corrected chi connectivity index (χ3v) is 4.54. The second-order valence-corrected chi connectivity index (χ2v) is 6.27. The van der Waals surface area contributed by atoms with Gasteiger partial charge in [-0.2, -0.15) is 0 Å². The molecule has 0 aliphatic carbocycles. The van der Waals surface area contributed by atoms with Crippen LogP contribution in [0.3, 0.4) is 0 Å². The summed E-state index contributed by atoms with van der Waals surface area (Å²) < 4.78 is 5.63. The van der Waals surface area contributed by atoms with E-state index in [0.29, 0.717) is 11.9 Å². The minimum atomic E-state index is 0.0460. The molecule has 4 heteroatoms. The highest BCUT2D eigenvalue weighted by atomic mass is 16.5. The lowest BCUT2D eigenvalue weighted by molar-refractivity contribution is -0.135. The first kappa shape index (κ1) is 15.8. The number of unbranched alkanes of at least 4 members (excludes halogenated alkanes) is 1. The zero-order chi connectivity index (χ0) is 14.5. The highest BCUT2D eigenvalue weighted by Gasteiger charge is 2.42. The molecule has 2 rings (SSSR count). The zero-order valence-electron chi connectivity index (χ0n) is 13.2. The van der Waals surface area contributed by atoms with Crippen molar-refractivity contribution in [3.63, 3.8) is 0 Å². The van der Waals surface area contributed by atoms with Crippen molar-refractivity contribution >= 4 is 5.91 Å². The van der Waals surface area contributed by atoms with Gasteiger partial charge in [-0.15, -0.1) is 0 Å². The molecule has 0 aromatic rings. The summed E-state index contributed by atoms with van der Waals surface area (Å²) in [5.74, 6) is 0.330. The Balaban J connectivity index is 2.04. The normalized spacial score (nSPS) is 34.8. The highest BCUT2D eigenvalue weighted by molar-refractivity contribution is 5.84. The number of nitrogens with zero attached hydrogens (tertiary/aromatic N) is 1. The van der Waals surface area contributed by atoms with Crippen LogP contribution >= 0.6 is 0 Å². The van der Waals surface area contributed by atoms with E-state index >= 15 is 0 Å². The summed E-state index contributed by atoms with van der Waals surface area (Å²) in [4.78, 5) is 14.9. The molecule has 0 bridgehead atoms. The summed E-state index contributed by atoms with van der Waals surface area (Å²) in [7, 11) is 0. The van der Waals surface area contributed by atoms with E-state index in [1.807, 2.05) is 0 Å². The number of carbonyl (C=O) groups excluding carboxylic acids is 1. The molecule has 4 unspecified atom stereocenters. The molecule has 116 valence electrons. The van der Waals surface area contributed by atoms with Gasteiger partial charge in [0.05, 0.1) is 18.3 Å². The number of ether oxygens (including phenoxy) is 1. The van der Waals surface area contributed by atoms with Crippen LogP contribution in [0.1, 0.15) is 65.7 Å². The number of hydrogen-bond donors (Lipinski definition) is 1. The molecule has 0 radical (unpaired) electrons. The molecule has 2 aliphatic rings. The molecule has 4 nitrogen and oxygen atoms in total. The number of rotatable bonds is 6. The van der Waals surface area contributed by atoms with Crippen LogP contribution in [0, 0.1) is 0 Å². The summed E-state index contributed by atoms with van der Waals surface area (Å²) in [5, 5.41) is 3.57. The van der Waals surface area contributed by atoms with Gasteiger partial charge in [0, 0.05) is 12.6 Å². The van der Waals surface area contributed by atoms with E-state index in [1.54, 1.807) is 0 Å². The second kappa shape index (κ2) is 7.41. The third kappa shape index (κ3) is 3.53. The summed E-state index contributed by atoms with van der Waals surface area (Å²) in [6.07, 6.45) is 7.90. The van der Waals surface area contributed by atoms with Crippen molar-refractivity contribution in [1.29, 1.82) is 0 Å². The average Bonchev–Trinajstić information content (AvgIpc) is 2.73. The van der Waals surface area contributed by atoms with Crippen LogP contribution in [0.4, 0.5) is 0 Å². The Morgan fingerprint density at radius 2 is 2.10 bits per heavy atom. The van der Waals surface area contributed by atoms with Crippen molar-refractivity contribution in [3.05, 3.63) is 0 Å². The molecule has 1 amide bonds. The van der Waals surface area contributed by atoms with Gasteiger partial charge in [-0.1, -0.05) is 33.1 Å². The van der Waals surface area contributed by atoms with Crippen LogP contribution in [0.15, 0.2) is 0 Å². The van der Waals surface area contributed by atoms with Crippen molar-refractivity contribution in [2.24, 2.45) is 0 Å². The maximum Gasteiger partial charge on any atom is 0.241 e. The molecule has 1 N–H and O–H groups in total. The van der Waals surface area contributed by atoms with Gasteiger partial charge in [-0.05, 0) is 32.6 Å². The summed E-state index contributed by atoms with van der Waals surface area (Å²) in [6.45, 7) is 7.27. The molecule has 2 fully saturated rings. The van der Waals surface area contributed by atoms with Crippen molar-refractivity contribution in [1.82, 2.24) is 10.2 Å². The molecule has 2 saturated heterocycles. The van der Waals surface area contributed by atoms with Gasteiger partial charge in [0.2, 0.25) is 5.91 Å². The number of hydrogen-bond acceptors (Lipinski definition) is 3. The Bertz CT molecular complexity index is 322. The van der Waals surface area contributed by atoms with E-state index in [9.17, 15) is 4.79 Å².